The molecule has 0 aliphatic heterocycles. The van der Waals surface area contributed by atoms with Crippen LogP contribution >= 0.6 is 0 Å². The summed E-state index contributed by atoms with van der Waals surface area (Å²) in [4.78, 5) is 22.4. The first-order chi connectivity index (χ1) is 11.5. The highest BCUT2D eigenvalue weighted by Crippen LogP contribution is 2.33. The van der Waals surface area contributed by atoms with E-state index < -0.39 is 0 Å². The van der Waals surface area contributed by atoms with Gasteiger partial charge in [0.05, 0.1) is 24.5 Å². The fraction of sp³-hybridized carbons (Fsp3) is 0.421. The quantitative estimate of drug-likeness (QED) is 0.937. The minimum Gasteiger partial charge on any atom is -0.331 e. The van der Waals surface area contributed by atoms with Crippen molar-refractivity contribution in [2.45, 2.75) is 45.2 Å². The van der Waals surface area contributed by atoms with Crippen molar-refractivity contribution in [1.29, 1.82) is 0 Å². The maximum atomic E-state index is 12.5. The fourth-order valence-corrected chi connectivity index (χ4v) is 3.12. The molecule has 0 saturated heterocycles. The molecule has 126 valence electrons. The van der Waals surface area contributed by atoms with Gasteiger partial charge in [0.15, 0.2) is 0 Å². The van der Waals surface area contributed by atoms with Crippen molar-refractivity contribution in [2.24, 2.45) is 0 Å². The molecule has 1 aliphatic carbocycles. The van der Waals surface area contributed by atoms with E-state index in [1.807, 2.05) is 0 Å². The number of nitrogens with zero attached hydrogens (tertiary/aromatic N) is 3. The fourth-order valence-electron chi connectivity index (χ4n) is 3.12. The second-order valence-electron chi connectivity index (χ2n) is 6.71. The number of aromatic nitrogens is 2. The first-order valence-corrected chi connectivity index (χ1v) is 8.44. The van der Waals surface area contributed by atoms with Gasteiger partial charge in [0, 0.05) is 19.4 Å². The van der Waals surface area contributed by atoms with Crippen LogP contribution in [0.4, 0.5) is 4.79 Å². The molecule has 1 atom stereocenters. The third-order valence-electron chi connectivity index (χ3n) is 4.57. The monoisotopic (exact) mass is 324 g/mol. The van der Waals surface area contributed by atoms with Gasteiger partial charge in [0.1, 0.15) is 0 Å². The van der Waals surface area contributed by atoms with Gasteiger partial charge < -0.3 is 10.2 Å². The number of fused-ring (bicyclic) bond motifs is 1. The number of carbonyl (C=O) groups excluding carboxylic acids is 1. The molecule has 0 fully saturated rings. The topological polar surface area (TPSA) is 58.1 Å². The van der Waals surface area contributed by atoms with E-state index in [1.165, 1.54) is 16.7 Å². The molecule has 1 aromatic heterocycles. The van der Waals surface area contributed by atoms with Crippen LogP contribution in [0.2, 0.25) is 0 Å². The SMILES string of the molecule is CC(C)c1ccc2c(c1)C(NC(=O)N(C)Cc1cnccn1)CC2. The summed E-state index contributed by atoms with van der Waals surface area (Å²) in [5.74, 6) is 0.492. The van der Waals surface area contributed by atoms with Crippen LogP contribution in [0.3, 0.4) is 0 Å². The Morgan fingerprint density at radius 3 is 2.92 bits per heavy atom. The molecule has 2 aromatic rings. The van der Waals surface area contributed by atoms with Crippen LogP contribution in [0.5, 0.6) is 0 Å². The average Bonchev–Trinajstić information content (AvgIpc) is 2.98. The molecular weight excluding hydrogens is 300 g/mol. The molecule has 3 rings (SSSR count). The number of nitrogens with one attached hydrogen (secondary N) is 1. The van der Waals surface area contributed by atoms with Gasteiger partial charge in [-0.2, -0.15) is 0 Å². The lowest BCUT2D eigenvalue weighted by Crippen LogP contribution is -2.38. The number of amides is 2. The van der Waals surface area contributed by atoms with E-state index in [2.05, 4.69) is 47.3 Å². The van der Waals surface area contributed by atoms with Crippen LogP contribution in [0.15, 0.2) is 36.8 Å². The molecule has 24 heavy (non-hydrogen) atoms. The summed E-state index contributed by atoms with van der Waals surface area (Å²) in [5, 5.41) is 3.16. The molecule has 0 radical (unpaired) electrons. The van der Waals surface area contributed by atoms with E-state index in [0.29, 0.717) is 12.5 Å². The van der Waals surface area contributed by atoms with Gasteiger partial charge in [0.25, 0.3) is 0 Å². The molecule has 0 bridgehead atoms. The molecule has 1 heterocycles. The van der Waals surface area contributed by atoms with Gasteiger partial charge in [0.2, 0.25) is 0 Å². The zero-order chi connectivity index (χ0) is 17.1. The maximum Gasteiger partial charge on any atom is 0.317 e. The minimum atomic E-state index is -0.0755. The van der Waals surface area contributed by atoms with Gasteiger partial charge in [-0.05, 0) is 35.4 Å². The smallest absolute Gasteiger partial charge is 0.317 e. The van der Waals surface area contributed by atoms with E-state index >= 15 is 0 Å². The van der Waals surface area contributed by atoms with Gasteiger partial charge in [-0.25, -0.2) is 4.79 Å². The second kappa shape index (κ2) is 6.99. The van der Waals surface area contributed by atoms with Gasteiger partial charge >= 0.3 is 6.03 Å². The Morgan fingerprint density at radius 2 is 2.21 bits per heavy atom. The van der Waals surface area contributed by atoms with E-state index in [0.717, 1.165) is 18.5 Å². The van der Waals surface area contributed by atoms with Gasteiger partial charge in [-0.15, -0.1) is 0 Å². The highest BCUT2D eigenvalue weighted by Gasteiger charge is 2.25. The third kappa shape index (κ3) is 3.55. The Hall–Kier alpha value is -2.43. The molecule has 1 aliphatic rings. The Bertz CT molecular complexity index is 715. The molecule has 1 aromatic carbocycles. The molecule has 0 spiro atoms. The van der Waals surface area contributed by atoms with Crippen molar-refractivity contribution in [2.75, 3.05) is 7.05 Å². The van der Waals surface area contributed by atoms with Crippen LogP contribution in [-0.4, -0.2) is 27.9 Å². The van der Waals surface area contributed by atoms with Crippen molar-refractivity contribution in [3.63, 3.8) is 0 Å². The number of hydrogen-bond acceptors (Lipinski definition) is 3. The predicted octanol–water partition coefficient (Wildman–Crippen LogP) is 3.43. The van der Waals surface area contributed by atoms with Crippen molar-refractivity contribution in [3.05, 3.63) is 59.2 Å². The Morgan fingerprint density at radius 1 is 1.38 bits per heavy atom. The minimum absolute atomic E-state index is 0.0755. The maximum absolute atomic E-state index is 12.5. The van der Waals surface area contributed by atoms with Crippen LogP contribution in [0.1, 0.15) is 54.6 Å². The predicted molar refractivity (Wildman–Crippen MR) is 93.6 cm³/mol. The van der Waals surface area contributed by atoms with Crippen LogP contribution < -0.4 is 5.32 Å². The summed E-state index contributed by atoms with van der Waals surface area (Å²) in [7, 11) is 1.78. The lowest BCUT2D eigenvalue weighted by atomic mass is 9.97. The van der Waals surface area contributed by atoms with Gasteiger partial charge in [-0.1, -0.05) is 32.0 Å². The Kier molecular flexibility index (Phi) is 4.79. The normalized spacial score (nSPS) is 16.1. The number of hydrogen-bond donors (Lipinski definition) is 1. The first-order valence-electron chi connectivity index (χ1n) is 8.44. The van der Waals surface area contributed by atoms with E-state index in [1.54, 1.807) is 30.5 Å². The molecule has 1 N–H and O–H groups in total. The number of urea groups is 1. The molecule has 0 saturated carbocycles. The third-order valence-corrected chi connectivity index (χ3v) is 4.57. The number of carbonyl (C=O) groups is 1. The van der Waals surface area contributed by atoms with Crippen LogP contribution in [0.25, 0.3) is 0 Å². The van der Waals surface area contributed by atoms with E-state index in [4.69, 9.17) is 0 Å². The summed E-state index contributed by atoms with van der Waals surface area (Å²) in [6, 6.07) is 6.68. The van der Waals surface area contributed by atoms with Crippen molar-refractivity contribution in [3.8, 4) is 0 Å². The zero-order valence-electron chi connectivity index (χ0n) is 14.5. The summed E-state index contributed by atoms with van der Waals surface area (Å²) in [6.45, 7) is 4.84. The standard InChI is InChI=1S/C19H24N4O/c1-13(2)15-5-4-14-6-7-18(17(14)10-15)22-19(24)23(3)12-16-11-20-8-9-21-16/h4-5,8-11,13,18H,6-7,12H2,1-3H3,(H,22,24). The first kappa shape index (κ1) is 16.4. The molecule has 5 heteroatoms. The van der Waals surface area contributed by atoms with Crippen LogP contribution in [-0.2, 0) is 13.0 Å². The molecule has 5 nitrogen and oxygen atoms in total. The molecule has 1 unspecified atom stereocenters. The summed E-state index contributed by atoms with van der Waals surface area (Å²) < 4.78 is 0. The van der Waals surface area contributed by atoms with Gasteiger partial charge in [-0.3, -0.25) is 9.97 Å². The average molecular weight is 324 g/mol. The van der Waals surface area contributed by atoms with Crippen molar-refractivity contribution < 1.29 is 4.79 Å². The lowest BCUT2D eigenvalue weighted by molar-refractivity contribution is 0.202. The highest BCUT2D eigenvalue weighted by molar-refractivity contribution is 5.74. The number of aryl methyl sites for hydroxylation is 1. The summed E-state index contributed by atoms with van der Waals surface area (Å²) in [5.41, 5.74) is 4.72. The van der Waals surface area contributed by atoms with Crippen molar-refractivity contribution >= 4 is 6.03 Å². The zero-order valence-corrected chi connectivity index (χ0v) is 14.5. The number of benzene rings is 1. The van der Waals surface area contributed by atoms with E-state index in [9.17, 15) is 4.79 Å². The molecular formula is C19H24N4O. The number of rotatable bonds is 4. The largest absolute Gasteiger partial charge is 0.331 e. The Labute approximate surface area is 143 Å². The van der Waals surface area contributed by atoms with Crippen molar-refractivity contribution in [1.82, 2.24) is 20.2 Å². The lowest BCUT2D eigenvalue weighted by Gasteiger charge is -2.22. The van der Waals surface area contributed by atoms with Crippen LogP contribution in [0, 0.1) is 0 Å². The van der Waals surface area contributed by atoms with E-state index in [-0.39, 0.29) is 12.1 Å². The second-order valence-corrected chi connectivity index (χ2v) is 6.71. The highest BCUT2D eigenvalue weighted by atomic mass is 16.2. The Balaban J connectivity index is 1.67. The molecule has 2 amide bonds. The summed E-state index contributed by atoms with van der Waals surface area (Å²) >= 11 is 0. The summed E-state index contributed by atoms with van der Waals surface area (Å²) in [6.07, 6.45) is 6.94.